The fourth-order valence-electron chi connectivity index (χ4n) is 3.08. The van der Waals surface area contributed by atoms with Crippen LogP contribution in [0, 0.1) is 5.92 Å². The van der Waals surface area contributed by atoms with Gasteiger partial charge in [-0.05, 0) is 49.3 Å². The van der Waals surface area contributed by atoms with Crippen LogP contribution in [0.25, 0.3) is 0 Å². The summed E-state index contributed by atoms with van der Waals surface area (Å²) in [5.74, 6) is 2.18. The molecule has 4 heteroatoms. The standard InChI is InChI=1S/C17H21NO3/c1-20-15-7-6-14(10-16(15)21-11-13-4-5-13)17(18-12-19)8-2-3-9-17/h6-7,10,13H,2-5,8-9,11H2,1H3. The number of methoxy groups -OCH3 is 1. The maximum absolute atomic E-state index is 10.8. The minimum absolute atomic E-state index is 0.411. The SMILES string of the molecule is COc1ccc(C2(N=C=O)CCCC2)cc1OCC1CC1. The largest absolute Gasteiger partial charge is 0.493 e. The molecule has 1 aromatic rings. The number of ether oxygens (including phenoxy) is 2. The zero-order valence-electron chi connectivity index (χ0n) is 12.4. The van der Waals surface area contributed by atoms with Crippen LogP contribution in [0.5, 0.6) is 11.5 Å². The van der Waals surface area contributed by atoms with E-state index in [0.717, 1.165) is 49.4 Å². The van der Waals surface area contributed by atoms with Gasteiger partial charge in [-0.1, -0.05) is 18.9 Å². The van der Waals surface area contributed by atoms with E-state index in [9.17, 15) is 4.79 Å². The number of hydrogen-bond acceptors (Lipinski definition) is 4. The van der Waals surface area contributed by atoms with E-state index in [1.54, 1.807) is 13.2 Å². The van der Waals surface area contributed by atoms with Crippen LogP contribution < -0.4 is 9.47 Å². The van der Waals surface area contributed by atoms with Gasteiger partial charge in [0, 0.05) is 0 Å². The van der Waals surface area contributed by atoms with Crippen molar-refractivity contribution in [1.82, 2.24) is 0 Å². The lowest BCUT2D eigenvalue weighted by Gasteiger charge is -2.24. The third-order valence-electron chi connectivity index (χ3n) is 4.56. The van der Waals surface area contributed by atoms with Crippen molar-refractivity contribution in [2.75, 3.05) is 13.7 Å². The van der Waals surface area contributed by atoms with Gasteiger partial charge in [0.05, 0.1) is 19.3 Å². The van der Waals surface area contributed by atoms with Crippen LogP contribution in [-0.4, -0.2) is 19.8 Å². The van der Waals surface area contributed by atoms with Crippen molar-refractivity contribution in [3.05, 3.63) is 23.8 Å². The first-order chi connectivity index (χ1) is 10.3. The lowest BCUT2D eigenvalue weighted by atomic mass is 9.88. The van der Waals surface area contributed by atoms with Gasteiger partial charge in [-0.15, -0.1) is 0 Å². The molecule has 2 aliphatic rings. The van der Waals surface area contributed by atoms with E-state index < -0.39 is 5.54 Å². The molecule has 112 valence electrons. The third-order valence-corrected chi connectivity index (χ3v) is 4.56. The molecule has 2 aliphatic carbocycles. The second kappa shape index (κ2) is 5.90. The summed E-state index contributed by atoms with van der Waals surface area (Å²) in [6, 6.07) is 5.90. The minimum Gasteiger partial charge on any atom is -0.493 e. The van der Waals surface area contributed by atoms with Crippen molar-refractivity contribution >= 4 is 6.08 Å². The van der Waals surface area contributed by atoms with Gasteiger partial charge in [0.2, 0.25) is 6.08 Å². The first-order valence-electron chi connectivity index (χ1n) is 7.68. The highest BCUT2D eigenvalue weighted by atomic mass is 16.5. The zero-order chi connectivity index (χ0) is 14.7. The normalized spacial score (nSPS) is 19.9. The molecule has 0 atom stereocenters. The van der Waals surface area contributed by atoms with E-state index in [1.165, 1.54) is 12.8 Å². The van der Waals surface area contributed by atoms with Gasteiger partial charge >= 0.3 is 0 Å². The number of hydrogen-bond donors (Lipinski definition) is 0. The van der Waals surface area contributed by atoms with Gasteiger partial charge in [-0.25, -0.2) is 4.79 Å². The van der Waals surface area contributed by atoms with E-state index >= 15 is 0 Å². The van der Waals surface area contributed by atoms with Crippen molar-refractivity contribution in [3.63, 3.8) is 0 Å². The lowest BCUT2D eigenvalue weighted by molar-refractivity contribution is 0.279. The monoisotopic (exact) mass is 287 g/mol. The fourth-order valence-corrected chi connectivity index (χ4v) is 3.08. The Hall–Kier alpha value is -1.80. The lowest BCUT2D eigenvalue weighted by Crippen LogP contribution is -2.19. The van der Waals surface area contributed by atoms with Crippen LogP contribution in [0.1, 0.15) is 44.1 Å². The van der Waals surface area contributed by atoms with E-state index in [0.29, 0.717) is 5.92 Å². The predicted octanol–water partition coefficient (Wildman–Crippen LogP) is 3.59. The van der Waals surface area contributed by atoms with Crippen LogP contribution in [-0.2, 0) is 10.3 Å². The predicted molar refractivity (Wildman–Crippen MR) is 79.5 cm³/mol. The topological polar surface area (TPSA) is 47.9 Å². The molecule has 0 aliphatic heterocycles. The van der Waals surface area contributed by atoms with Gasteiger partial charge in [0.15, 0.2) is 11.5 Å². The van der Waals surface area contributed by atoms with Gasteiger partial charge in [-0.3, -0.25) is 0 Å². The summed E-state index contributed by atoms with van der Waals surface area (Å²) >= 11 is 0. The average Bonchev–Trinajstić information content (AvgIpc) is 3.22. The first kappa shape index (κ1) is 14.2. The van der Waals surface area contributed by atoms with Gasteiger partial charge in [-0.2, -0.15) is 4.99 Å². The summed E-state index contributed by atoms with van der Waals surface area (Å²) in [6.45, 7) is 0.740. The van der Waals surface area contributed by atoms with E-state index in [2.05, 4.69) is 4.99 Å². The van der Waals surface area contributed by atoms with Gasteiger partial charge in [0.1, 0.15) is 0 Å². The van der Waals surface area contributed by atoms with Crippen molar-refractivity contribution in [2.24, 2.45) is 10.9 Å². The van der Waals surface area contributed by atoms with Crippen molar-refractivity contribution in [3.8, 4) is 11.5 Å². The first-order valence-corrected chi connectivity index (χ1v) is 7.68. The highest BCUT2D eigenvalue weighted by Gasteiger charge is 2.36. The van der Waals surface area contributed by atoms with Crippen molar-refractivity contribution < 1.29 is 14.3 Å². The Kier molecular flexibility index (Phi) is 3.98. The Morgan fingerprint density at radius 1 is 1.29 bits per heavy atom. The molecule has 1 aromatic carbocycles. The summed E-state index contributed by atoms with van der Waals surface area (Å²) < 4.78 is 11.3. The van der Waals surface area contributed by atoms with Gasteiger partial charge in [0.25, 0.3) is 0 Å². The van der Waals surface area contributed by atoms with Crippen molar-refractivity contribution in [2.45, 2.75) is 44.1 Å². The fraction of sp³-hybridized carbons (Fsp3) is 0.588. The number of benzene rings is 1. The molecule has 21 heavy (non-hydrogen) atoms. The molecule has 0 aromatic heterocycles. The Morgan fingerprint density at radius 3 is 2.67 bits per heavy atom. The van der Waals surface area contributed by atoms with E-state index in [-0.39, 0.29) is 0 Å². The number of carbonyl (C=O) groups excluding carboxylic acids is 1. The molecule has 4 nitrogen and oxygen atoms in total. The molecule has 0 unspecified atom stereocenters. The summed E-state index contributed by atoms with van der Waals surface area (Å²) in [5, 5.41) is 0. The third kappa shape index (κ3) is 2.96. The molecule has 2 fully saturated rings. The maximum Gasteiger partial charge on any atom is 0.235 e. The Labute approximate surface area is 125 Å². The highest BCUT2D eigenvalue weighted by Crippen LogP contribution is 2.44. The zero-order valence-corrected chi connectivity index (χ0v) is 12.4. The second-order valence-electron chi connectivity index (χ2n) is 6.06. The highest BCUT2D eigenvalue weighted by molar-refractivity contribution is 5.47. The molecular formula is C17H21NO3. The molecule has 0 amide bonds. The number of nitrogens with zero attached hydrogens (tertiary/aromatic N) is 1. The quantitative estimate of drug-likeness (QED) is 0.593. The van der Waals surface area contributed by atoms with Crippen LogP contribution in [0.4, 0.5) is 0 Å². The Morgan fingerprint density at radius 2 is 2.05 bits per heavy atom. The molecule has 2 saturated carbocycles. The summed E-state index contributed by atoms with van der Waals surface area (Å²) in [7, 11) is 1.65. The molecule has 0 saturated heterocycles. The smallest absolute Gasteiger partial charge is 0.235 e. The summed E-state index contributed by atoms with van der Waals surface area (Å²) in [6.07, 6.45) is 8.25. The maximum atomic E-state index is 10.8. The average molecular weight is 287 g/mol. The van der Waals surface area contributed by atoms with Gasteiger partial charge < -0.3 is 9.47 Å². The number of rotatable bonds is 6. The Balaban J connectivity index is 1.90. The molecule has 0 bridgehead atoms. The molecule has 0 spiro atoms. The van der Waals surface area contributed by atoms with E-state index in [4.69, 9.17) is 9.47 Å². The minimum atomic E-state index is -0.411. The molecular weight excluding hydrogens is 266 g/mol. The Bertz CT molecular complexity index is 553. The molecule has 0 radical (unpaired) electrons. The van der Waals surface area contributed by atoms with Crippen LogP contribution in [0.2, 0.25) is 0 Å². The van der Waals surface area contributed by atoms with Crippen LogP contribution in [0.3, 0.4) is 0 Å². The summed E-state index contributed by atoms with van der Waals surface area (Å²) in [5.41, 5.74) is 0.626. The summed E-state index contributed by atoms with van der Waals surface area (Å²) in [4.78, 5) is 15.0. The van der Waals surface area contributed by atoms with Crippen LogP contribution >= 0.6 is 0 Å². The number of aliphatic imine (C=N–C) groups is 1. The van der Waals surface area contributed by atoms with Crippen LogP contribution in [0.15, 0.2) is 23.2 Å². The van der Waals surface area contributed by atoms with Crippen molar-refractivity contribution in [1.29, 1.82) is 0 Å². The molecule has 0 N–H and O–H groups in total. The molecule has 0 heterocycles. The second-order valence-corrected chi connectivity index (χ2v) is 6.06. The molecule has 3 rings (SSSR count). The number of isocyanates is 1. The van der Waals surface area contributed by atoms with E-state index in [1.807, 2.05) is 18.2 Å².